The Labute approximate surface area is 138 Å². The van der Waals surface area contributed by atoms with Gasteiger partial charge in [-0.05, 0) is 52.0 Å². The molecule has 0 aliphatic carbocycles. The van der Waals surface area contributed by atoms with Crippen molar-refractivity contribution in [2.45, 2.75) is 38.8 Å². The topological polar surface area (TPSA) is 35.5 Å². The zero-order chi connectivity index (χ0) is 16.0. The summed E-state index contributed by atoms with van der Waals surface area (Å²) in [5, 5.41) is 14.5. The Morgan fingerprint density at radius 2 is 2.00 bits per heavy atom. The van der Waals surface area contributed by atoms with Crippen molar-refractivity contribution < 1.29 is 5.11 Å². The molecule has 21 heavy (non-hydrogen) atoms. The minimum Gasteiger partial charge on any atom is -0.389 e. The fourth-order valence-electron chi connectivity index (χ4n) is 2.49. The van der Waals surface area contributed by atoms with Crippen molar-refractivity contribution in [3.05, 3.63) is 33.8 Å². The first-order valence-corrected chi connectivity index (χ1v) is 8.08. The molecular formula is C16H26Cl2N2O. The van der Waals surface area contributed by atoms with E-state index in [2.05, 4.69) is 17.1 Å². The molecular weight excluding hydrogens is 307 g/mol. The van der Waals surface area contributed by atoms with Crippen LogP contribution >= 0.6 is 23.2 Å². The van der Waals surface area contributed by atoms with Gasteiger partial charge >= 0.3 is 0 Å². The molecule has 1 unspecified atom stereocenters. The van der Waals surface area contributed by atoms with E-state index in [1.54, 1.807) is 6.07 Å². The number of aliphatic hydroxyl groups is 1. The molecule has 1 rings (SSSR count). The largest absolute Gasteiger partial charge is 0.389 e. The highest BCUT2D eigenvalue weighted by molar-refractivity contribution is 6.42. The van der Waals surface area contributed by atoms with Crippen molar-refractivity contribution in [2.24, 2.45) is 0 Å². The van der Waals surface area contributed by atoms with Crippen molar-refractivity contribution in [3.8, 4) is 0 Å². The Bertz CT molecular complexity index is 446. The third-order valence-electron chi connectivity index (χ3n) is 3.26. The number of rotatable bonds is 8. The van der Waals surface area contributed by atoms with Crippen LogP contribution in [-0.2, 0) is 0 Å². The summed E-state index contributed by atoms with van der Waals surface area (Å²) in [5.41, 5.74) is 0.346. The summed E-state index contributed by atoms with van der Waals surface area (Å²) in [4.78, 5) is 2.13. The highest BCUT2D eigenvalue weighted by Gasteiger charge is 2.19. The van der Waals surface area contributed by atoms with Gasteiger partial charge in [0.25, 0.3) is 0 Å². The lowest BCUT2D eigenvalue weighted by atomic mass is 10.0. The van der Waals surface area contributed by atoms with Crippen LogP contribution in [0.1, 0.15) is 38.8 Å². The molecule has 120 valence electrons. The Morgan fingerprint density at radius 3 is 2.57 bits per heavy atom. The Morgan fingerprint density at radius 1 is 1.33 bits per heavy atom. The van der Waals surface area contributed by atoms with Crippen LogP contribution in [0.2, 0.25) is 10.0 Å². The maximum Gasteiger partial charge on any atom is 0.0718 e. The van der Waals surface area contributed by atoms with E-state index >= 15 is 0 Å². The lowest BCUT2D eigenvalue weighted by Gasteiger charge is -2.28. The van der Waals surface area contributed by atoms with Crippen molar-refractivity contribution in [3.63, 3.8) is 0 Å². The Balaban J connectivity index is 2.72. The smallest absolute Gasteiger partial charge is 0.0718 e. The van der Waals surface area contributed by atoms with E-state index in [4.69, 9.17) is 23.2 Å². The molecule has 0 bridgehead atoms. The molecule has 0 heterocycles. The second-order valence-electron chi connectivity index (χ2n) is 6.09. The van der Waals surface area contributed by atoms with E-state index in [1.165, 1.54) is 0 Å². The molecule has 2 N–H and O–H groups in total. The van der Waals surface area contributed by atoms with Crippen molar-refractivity contribution in [1.29, 1.82) is 0 Å². The molecule has 0 fully saturated rings. The van der Waals surface area contributed by atoms with Crippen molar-refractivity contribution in [2.75, 3.05) is 26.7 Å². The second-order valence-corrected chi connectivity index (χ2v) is 6.88. The normalized spacial score (nSPS) is 13.7. The standard InChI is InChI=1S/C16H26Cl2N2O/c1-5-19-14(9-10-20(4)11-16(2,3)21)12-7-6-8-13(17)15(12)18/h6-8,14,19,21H,5,9-11H2,1-4H3. The molecule has 1 aromatic rings. The van der Waals surface area contributed by atoms with Gasteiger partial charge in [0.05, 0.1) is 15.6 Å². The van der Waals surface area contributed by atoms with Crippen molar-refractivity contribution in [1.82, 2.24) is 10.2 Å². The number of hydrogen-bond donors (Lipinski definition) is 2. The molecule has 5 heteroatoms. The molecule has 1 atom stereocenters. The molecule has 0 saturated heterocycles. The van der Waals surface area contributed by atoms with Gasteiger partial charge in [0.15, 0.2) is 0 Å². The van der Waals surface area contributed by atoms with E-state index in [0.717, 1.165) is 25.1 Å². The molecule has 0 aliphatic heterocycles. The molecule has 0 radical (unpaired) electrons. The van der Waals surface area contributed by atoms with Crippen LogP contribution in [0.4, 0.5) is 0 Å². The predicted octanol–water partition coefficient (Wildman–Crippen LogP) is 3.74. The van der Waals surface area contributed by atoms with Gasteiger partial charge in [-0.25, -0.2) is 0 Å². The van der Waals surface area contributed by atoms with Gasteiger partial charge in [0.2, 0.25) is 0 Å². The second kappa shape index (κ2) is 8.35. The zero-order valence-electron chi connectivity index (χ0n) is 13.3. The summed E-state index contributed by atoms with van der Waals surface area (Å²) in [7, 11) is 2.01. The number of hydrogen-bond acceptors (Lipinski definition) is 3. The number of benzene rings is 1. The summed E-state index contributed by atoms with van der Waals surface area (Å²) < 4.78 is 0. The minimum absolute atomic E-state index is 0.158. The third-order valence-corrected chi connectivity index (χ3v) is 4.10. The lowest BCUT2D eigenvalue weighted by Crippen LogP contribution is -2.37. The van der Waals surface area contributed by atoms with Gasteiger partial charge in [-0.1, -0.05) is 42.3 Å². The van der Waals surface area contributed by atoms with E-state index in [-0.39, 0.29) is 6.04 Å². The Hall–Kier alpha value is -0.320. The lowest BCUT2D eigenvalue weighted by molar-refractivity contribution is 0.0436. The third kappa shape index (κ3) is 6.54. The SMILES string of the molecule is CCNC(CCN(C)CC(C)(C)O)c1cccc(Cl)c1Cl. The van der Waals surface area contributed by atoms with E-state index in [1.807, 2.05) is 33.0 Å². The highest BCUT2D eigenvalue weighted by Crippen LogP contribution is 2.31. The molecule has 0 aliphatic rings. The maximum absolute atomic E-state index is 9.86. The monoisotopic (exact) mass is 332 g/mol. The van der Waals surface area contributed by atoms with E-state index in [9.17, 15) is 5.11 Å². The van der Waals surface area contributed by atoms with Gasteiger partial charge in [0, 0.05) is 12.6 Å². The molecule has 0 spiro atoms. The summed E-state index contributed by atoms with van der Waals surface area (Å²) in [6.07, 6.45) is 0.903. The van der Waals surface area contributed by atoms with Gasteiger partial charge in [-0.15, -0.1) is 0 Å². The van der Waals surface area contributed by atoms with E-state index in [0.29, 0.717) is 16.6 Å². The van der Waals surface area contributed by atoms with Crippen LogP contribution in [0.3, 0.4) is 0 Å². The quantitative estimate of drug-likeness (QED) is 0.761. The maximum atomic E-state index is 9.86. The van der Waals surface area contributed by atoms with Crippen LogP contribution in [0, 0.1) is 0 Å². The van der Waals surface area contributed by atoms with Gasteiger partial charge in [-0.3, -0.25) is 0 Å². The summed E-state index contributed by atoms with van der Waals surface area (Å²) in [5.74, 6) is 0. The molecule has 0 amide bonds. The number of halogens is 2. The molecule has 0 aromatic heterocycles. The molecule has 3 nitrogen and oxygen atoms in total. The van der Waals surface area contributed by atoms with Crippen LogP contribution in [0.25, 0.3) is 0 Å². The number of likely N-dealkylation sites (N-methyl/N-ethyl adjacent to an activating group) is 1. The highest BCUT2D eigenvalue weighted by atomic mass is 35.5. The summed E-state index contributed by atoms with van der Waals surface area (Å²) in [6, 6.07) is 5.90. The minimum atomic E-state index is -0.684. The summed E-state index contributed by atoms with van der Waals surface area (Å²) in [6.45, 7) is 8.08. The zero-order valence-corrected chi connectivity index (χ0v) is 14.8. The first-order chi connectivity index (χ1) is 9.74. The molecule has 0 saturated carbocycles. The van der Waals surface area contributed by atoms with Gasteiger partial charge < -0.3 is 15.3 Å². The first-order valence-electron chi connectivity index (χ1n) is 7.33. The number of nitrogens with one attached hydrogen (secondary N) is 1. The Kier molecular flexibility index (Phi) is 7.45. The van der Waals surface area contributed by atoms with Gasteiger partial charge in [-0.2, -0.15) is 0 Å². The van der Waals surface area contributed by atoms with Crippen LogP contribution in [0.15, 0.2) is 18.2 Å². The average Bonchev–Trinajstić information content (AvgIpc) is 2.36. The fraction of sp³-hybridized carbons (Fsp3) is 0.625. The predicted molar refractivity (Wildman–Crippen MR) is 91.3 cm³/mol. The van der Waals surface area contributed by atoms with Crippen LogP contribution in [-0.4, -0.2) is 42.3 Å². The molecule has 1 aromatic carbocycles. The van der Waals surface area contributed by atoms with Crippen LogP contribution in [0.5, 0.6) is 0 Å². The van der Waals surface area contributed by atoms with E-state index < -0.39 is 5.60 Å². The first kappa shape index (κ1) is 18.7. The summed E-state index contributed by atoms with van der Waals surface area (Å²) >= 11 is 12.4. The van der Waals surface area contributed by atoms with Gasteiger partial charge in [0.1, 0.15) is 0 Å². The van der Waals surface area contributed by atoms with Crippen LogP contribution < -0.4 is 5.32 Å². The fourth-order valence-corrected chi connectivity index (χ4v) is 2.93. The number of nitrogens with zero attached hydrogens (tertiary/aromatic N) is 1. The average molecular weight is 333 g/mol. The van der Waals surface area contributed by atoms with Crippen molar-refractivity contribution >= 4 is 23.2 Å².